The Morgan fingerprint density at radius 2 is 2.14 bits per heavy atom. The molecule has 1 unspecified atom stereocenters. The molecule has 0 aliphatic carbocycles. The Labute approximate surface area is 134 Å². The largest absolute Gasteiger partial charge is 0.508 e. The first-order valence-corrected chi connectivity index (χ1v) is 7.80. The summed E-state index contributed by atoms with van der Waals surface area (Å²) in [6, 6.07) is 7.48. The highest BCUT2D eigenvalue weighted by Gasteiger charge is 2.05. The third-order valence-electron chi connectivity index (χ3n) is 3.68. The van der Waals surface area contributed by atoms with Gasteiger partial charge in [0.2, 0.25) is 0 Å². The highest BCUT2D eigenvalue weighted by Crippen LogP contribution is 2.16. The van der Waals surface area contributed by atoms with Crippen LogP contribution in [0.2, 0.25) is 0 Å². The fourth-order valence-corrected chi connectivity index (χ4v) is 2.36. The van der Waals surface area contributed by atoms with Gasteiger partial charge in [-0.05, 0) is 49.8 Å². The van der Waals surface area contributed by atoms with E-state index in [0.717, 1.165) is 32.1 Å². The van der Waals surface area contributed by atoms with Crippen LogP contribution >= 0.6 is 0 Å². The van der Waals surface area contributed by atoms with E-state index in [0.29, 0.717) is 12.4 Å². The fourth-order valence-electron chi connectivity index (χ4n) is 2.36. The van der Waals surface area contributed by atoms with E-state index in [-0.39, 0.29) is 6.10 Å². The second-order valence-corrected chi connectivity index (χ2v) is 5.41. The summed E-state index contributed by atoms with van der Waals surface area (Å²) in [7, 11) is 3.39. The van der Waals surface area contributed by atoms with Crippen molar-refractivity contribution in [2.45, 2.75) is 38.2 Å². The smallest absolute Gasteiger partial charge is 0.115 e. The molecule has 0 fully saturated rings. The number of methoxy groups -OCH3 is 2. The SMILES string of the molecule is C=C/C(=C\CC(COC)OC)CCCCc1cccc(O)c1. The normalized spacial score (nSPS) is 13.1. The molecule has 0 aliphatic heterocycles. The summed E-state index contributed by atoms with van der Waals surface area (Å²) >= 11 is 0. The van der Waals surface area contributed by atoms with Gasteiger partial charge in [-0.1, -0.05) is 36.4 Å². The minimum absolute atomic E-state index is 0.104. The van der Waals surface area contributed by atoms with Crippen molar-refractivity contribution in [2.24, 2.45) is 0 Å². The minimum Gasteiger partial charge on any atom is -0.508 e. The molecule has 0 saturated heterocycles. The van der Waals surface area contributed by atoms with Crippen LogP contribution in [0.15, 0.2) is 48.6 Å². The van der Waals surface area contributed by atoms with Crippen molar-refractivity contribution in [3.63, 3.8) is 0 Å². The molecule has 3 nitrogen and oxygen atoms in total. The van der Waals surface area contributed by atoms with Crippen LogP contribution < -0.4 is 0 Å². The number of aryl methyl sites for hydroxylation is 1. The third kappa shape index (κ3) is 7.43. The molecular weight excluding hydrogens is 276 g/mol. The number of hydrogen-bond donors (Lipinski definition) is 1. The molecule has 0 heterocycles. The van der Waals surface area contributed by atoms with Gasteiger partial charge in [-0.3, -0.25) is 0 Å². The lowest BCUT2D eigenvalue weighted by Gasteiger charge is -2.12. The number of aromatic hydroxyl groups is 1. The van der Waals surface area contributed by atoms with Crippen molar-refractivity contribution in [1.82, 2.24) is 0 Å². The number of unbranched alkanes of at least 4 members (excludes halogenated alkanes) is 1. The molecule has 0 spiro atoms. The molecule has 0 saturated carbocycles. The molecule has 122 valence electrons. The maximum atomic E-state index is 9.44. The summed E-state index contributed by atoms with van der Waals surface area (Å²) in [6.45, 7) is 4.49. The van der Waals surface area contributed by atoms with Crippen LogP contribution in [0.5, 0.6) is 5.75 Å². The van der Waals surface area contributed by atoms with Crippen LogP contribution in [0.4, 0.5) is 0 Å². The fraction of sp³-hybridized carbons (Fsp3) is 0.474. The number of phenolic OH excluding ortho intramolecular Hbond substituents is 1. The van der Waals surface area contributed by atoms with E-state index in [1.807, 2.05) is 18.2 Å². The topological polar surface area (TPSA) is 38.7 Å². The second-order valence-electron chi connectivity index (χ2n) is 5.41. The van der Waals surface area contributed by atoms with Gasteiger partial charge < -0.3 is 14.6 Å². The van der Waals surface area contributed by atoms with Gasteiger partial charge in [-0.15, -0.1) is 0 Å². The van der Waals surface area contributed by atoms with E-state index in [4.69, 9.17) is 9.47 Å². The molecule has 0 amide bonds. The van der Waals surface area contributed by atoms with E-state index >= 15 is 0 Å². The number of phenols is 1. The summed E-state index contributed by atoms with van der Waals surface area (Å²) in [5.74, 6) is 0.341. The van der Waals surface area contributed by atoms with Crippen LogP contribution in [-0.2, 0) is 15.9 Å². The van der Waals surface area contributed by atoms with Gasteiger partial charge in [0, 0.05) is 14.2 Å². The number of benzene rings is 1. The van der Waals surface area contributed by atoms with E-state index in [2.05, 4.69) is 18.7 Å². The van der Waals surface area contributed by atoms with E-state index in [9.17, 15) is 5.11 Å². The molecule has 0 aliphatic rings. The number of hydrogen-bond acceptors (Lipinski definition) is 3. The van der Waals surface area contributed by atoms with Gasteiger partial charge in [-0.2, -0.15) is 0 Å². The van der Waals surface area contributed by atoms with E-state index in [1.54, 1.807) is 20.3 Å². The molecule has 1 aromatic rings. The summed E-state index contributed by atoms with van der Waals surface area (Å²) in [5.41, 5.74) is 2.44. The lowest BCUT2D eigenvalue weighted by atomic mass is 10.0. The lowest BCUT2D eigenvalue weighted by Crippen LogP contribution is -2.16. The molecular formula is C19H28O3. The van der Waals surface area contributed by atoms with Gasteiger partial charge in [-0.25, -0.2) is 0 Å². The summed E-state index contributed by atoms with van der Waals surface area (Å²) < 4.78 is 10.5. The Kier molecular flexibility index (Phi) is 9.28. The summed E-state index contributed by atoms with van der Waals surface area (Å²) in [6.07, 6.45) is 9.28. The molecule has 1 N–H and O–H groups in total. The Bertz CT molecular complexity index is 466. The Hall–Kier alpha value is -1.58. The maximum absolute atomic E-state index is 9.44. The number of ether oxygens (including phenoxy) is 2. The average molecular weight is 304 g/mol. The zero-order chi connectivity index (χ0) is 16.2. The summed E-state index contributed by atoms with van der Waals surface area (Å²) in [5, 5.41) is 9.44. The van der Waals surface area contributed by atoms with Crippen molar-refractivity contribution in [1.29, 1.82) is 0 Å². The zero-order valence-electron chi connectivity index (χ0n) is 13.8. The van der Waals surface area contributed by atoms with Crippen LogP contribution in [0.1, 0.15) is 31.2 Å². The third-order valence-corrected chi connectivity index (χ3v) is 3.68. The Morgan fingerprint density at radius 3 is 2.77 bits per heavy atom. The molecule has 1 aromatic carbocycles. The van der Waals surface area contributed by atoms with Crippen LogP contribution in [0.3, 0.4) is 0 Å². The molecule has 0 aromatic heterocycles. The van der Waals surface area contributed by atoms with Gasteiger partial charge in [0.05, 0.1) is 12.7 Å². The van der Waals surface area contributed by atoms with Gasteiger partial charge in [0.25, 0.3) is 0 Å². The highest BCUT2D eigenvalue weighted by atomic mass is 16.5. The van der Waals surface area contributed by atoms with Crippen molar-refractivity contribution in [3.05, 3.63) is 54.1 Å². The Morgan fingerprint density at radius 1 is 1.32 bits per heavy atom. The average Bonchev–Trinajstić information content (AvgIpc) is 2.53. The molecule has 1 rings (SSSR count). The summed E-state index contributed by atoms with van der Waals surface area (Å²) in [4.78, 5) is 0. The van der Waals surface area contributed by atoms with Gasteiger partial charge in [0.1, 0.15) is 5.75 Å². The zero-order valence-corrected chi connectivity index (χ0v) is 13.8. The first-order valence-electron chi connectivity index (χ1n) is 7.80. The molecule has 1 atom stereocenters. The first kappa shape index (κ1) is 18.5. The minimum atomic E-state index is 0.104. The van der Waals surface area contributed by atoms with Crippen LogP contribution in [0.25, 0.3) is 0 Å². The van der Waals surface area contributed by atoms with E-state index in [1.165, 1.54) is 11.1 Å². The number of allylic oxidation sites excluding steroid dienone is 2. The Balaban J connectivity index is 2.32. The predicted octanol–water partition coefficient (Wildman–Crippen LogP) is 4.27. The van der Waals surface area contributed by atoms with Crippen molar-refractivity contribution in [2.75, 3.05) is 20.8 Å². The van der Waals surface area contributed by atoms with E-state index < -0.39 is 0 Å². The standard InChI is InChI=1S/C19H28O3/c1-4-16(12-13-19(22-3)15-21-2)8-5-6-9-17-10-7-11-18(20)14-17/h4,7,10-12,14,19-20H,1,5-6,8-9,13,15H2,2-3H3/b16-12+. The first-order chi connectivity index (χ1) is 10.7. The maximum Gasteiger partial charge on any atom is 0.115 e. The molecule has 3 heteroatoms. The van der Waals surface area contributed by atoms with Gasteiger partial charge in [0.15, 0.2) is 0 Å². The van der Waals surface area contributed by atoms with Crippen molar-refractivity contribution >= 4 is 0 Å². The molecule has 0 bridgehead atoms. The van der Waals surface area contributed by atoms with Crippen LogP contribution in [0, 0.1) is 0 Å². The second kappa shape index (κ2) is 11.0. The van der Waals surface area contributed by atoms with Crippen molar-refractivity contribution in [3.8, 4) is 5.75 Å². The predicted molar refractivity (Wildman–Crippen MR) is 91.2 cm³/mol. The number of rotatable bonds is 11. The lowest BCUT2D eigenvalue weighted by molar-refractivity contribution is 0.0304. The molecule has 22 heavy (non-hydrogen) atoms. The highest BCUT2D eigenvalue weighted by molar-refractivity contribution is 5.27. The quantitative estimate of drug-likeness (QED) is 0.490. The monoisotopic (exact) mass is 304 g/mol. The van der Waals surface area contributed by atoms with Crippen molar-refractivity contribution < 1.29 is 14.6 Å². The van der Waals surface area contributed by atoms with Crippen LogP contribution in [-0.4, -0.2) is 32.0 Å². The van der Waals surface area contributed by atoms with Gasteiger partial charge >= 0.3 is 0 Å². The molecule has 0 radical (unpaired) electrons.